The van der Waals surface area contributed by atoms with E-state index >= 15 is 0 Å². The summed E-state index contributed by atoms with van der Waals surface area (Å²) >= 11 is 0. The molecule has 7 heteroatoms. The van der Waals surface area contributed by atoms with Gasteiger partial charge in [-0.25, -0.2) is 9.67 Å². The first-order valence-electron chi connectivity index (χ1n) is 5.52. The molecule has 0 aliphatic heterocycles. The van der Waals surface area contributed by atoms with E-state index in [4.69, 9.17) is 5.73 Å². The van der Waals surface area contributed by atoms with Crippen LogP contribution in [-0.4, -0.2) is 19.7 Å². The van der Waals surface area contributed by atoms with Crippen LogP contribution in [0.15, 0.2) is 41.3 Å². The molecule has 0 amide bonds. The summed E-state index contributed by atoms with van der Waals surface area (Å²) in [7, 11) is 0. The van der Waals surface area contributed by atoms with E-state index in [1.54, 1.807) is 4.68 Å². The Morgan fingerprint density at radius 1 is 1.26 bits per heavy atom. The molecule has 0 radical (unpaired) electrons. The number of fused-ring (bicyclic) bond motifs is 1. The SMILES string of the molecule is Cl.NCc1nc2c(cnn2-c2ccccc2)c(=O)[nH]1. The first-order chi connectivity index (χ1) is 8.79. The first kappa shape index (κ1) is 13.3. The predicted octanol–water partition coefficient (Wildman–Crippen LogP) is 0.989. The molecule has 19 heavy (non-hydrogen) atoms. The highest BCUT2D eigenvalue weighted by atomic mass is 35.5. The van der Waals surface area contributed by atoms with Crippen molar-refractivity contribution in [2.24, 2.45) is 5.73 Å². The summed E-state index contributed by atoms with van der Waals surface area (Å²) in [4.78, 5) is 18.7. The standard InChI is InChI=1S/C12H11N5O.ClH/c13-6-10-15-11-9(12(18)16-10)7-14-17(11)8-4-2-1-3-5-8;/h1-5,7H,6,13H2,(H,15,16,18);1H. The summed E-state index contributed by atoms with van der Waals surface area (Å²) in [6, 6.07) is 9.52. The fourth-order valence-electron chi connectivity index (χ4n) is 1.82. The Balaban J connectivity index is 0.00000133. The van der Waals surface area contributed by atoms with Gasteiger partial charge < -0.3 is 10.7 Å². The molecule has 0 bridgehead atoms. The average Bonchev–Trinajstić information content (AvgIpc) is 2.84. The van der Waals surface area contributed by atoms with Gasteiger partial charge in [0, 0.05) is 0 Å². The van der Waals surface area contributed by atoms with Crippen molar-refractivity contribution in [1.82, 2.24) is 19.7 Å². The molecular weight excluding hydrogens is 266 g/mol. The predicted molar refractivity (Wildman–Crippen MR) is 74.6 cm³/mol. The number of rotatable bonds is 2. The van der Waals surface area contributed by atoms with Crippen molar-refractivity contribution in [2.75, 3.05) is 0 Å². The minimum Gasteiger partial charge on any atom is -0.324 e. The number of nitrogens with one attached hydrogen (secondary N) is 1. The van der Waals surface area contributed by atoms with Crippen LogP contribution in [0.4, 0.5) is 0 Å². The maximum Gasteiger partial charge on any atom is 0.262 e. The molecule has 3 rings (SSSR count). The van der Waals surface area contributed by atoms with Gasteiger partial charge in [0.05, 0.1) is 18.4 Å². The van der Waals surface area contributed by atoms with Crippen LogP contribution in [0.3, 0.4) is 0 Å². The number of para-hydroxylation sites is 1. The summed E-state index contributed by atoms with van der Waals surface area (Å²) in [5.74, 6) is 0.449. The number of benzene rings is 1. The second-order valence-electron chi connectivity index (χ2n) is 3.85. The molecule has 3 N–H and O–H groups in total. The number of aromatic nitrogens is 4. The largest absolute Gasteiger partial charge is 0.324 e. The summed E-state index contributed by atoms with van der Waals surface area (Å²) in [6.45, 7) is 0.186. The molecule has 2 aromatic heterocycles. The average molecular weight is 278 g/mol. The zero-order valence-electron chi connectivity index (χ0n) is 9.91. The number of nitrogens with two attached hydrogens (primary N) is 1. The number of hydrogen-bond donors (Lipinski definition) is 2. The molecule has 1 aromatic carbocycles. The maximum atomic E-state index is 11.8. The van der Waals surface area contributed by atoms with Crippen molar-refractivity contribution in [3.63, 3.8) is 0 Å². The Hall–Kier alpha value is -2.18. The van der Waals surface area contributed by atoms with Gasteiger partial charge in [-0.3, -0.25) is 4.79 Å². The minimum absolute atomic E-state index is 0. The first-order valence-corrected chi connectivity index (χ1v) is 5.52. The molecule has 0 spiro atoms. The van der Waals surface area contributed by atoms with Gasteiger partial charge in [-0.2, -0.15) is 5.10 Å². The summed E-state index contributed by atoms with van der Waals surface area (Å²) in [6.07, 6.45) is 1.51. The molecule has 0 unspecified atom stereocenters. The molecule has 0 aliphatic rings. The van der Waals surface area contributed by atoms with E-state index in [1.807, 2.05) is 30.3 Å². The van der Waals surface area contributed by atoms with Crippen LogP contribution in [0, 0.1) is 0 Å². The second kappa shape index (κ2) is 5.21. The fraction of sp³-hybridized carbons (Fsp3) is 0.0833. The minimum atomic E-state index is -0.220. The van der Waals surface area contributed by atoms with Gasteiger partial charge >= 0.3 is 0 Å². The Bertz CT molecular complexity index is 750. The smallest absolute Gasteiger partial charge is 0.262 e. The molecule has 3 aromatic rings. The van der Waals surface area contributed by atoms with E-state index in [2.05, 4.69) is 15.1 Å². The van der Waals surface area contributed by atoms with Crippen LogP contribution in [-0.2, 0) is 6.54 Å². The highest BCUT2D eigenvalue weighted by Crippen LogP contribution is 2.13. The Labute approximate surface area is 114 Å². The van der Waals surface area contributed by atoms with Crippen molar-refractivity contribution < 1.29 is 0 Å². The van der Waals surface area contributed by atoms with Crippen molar-refractivity contribution in [1.29, 1.82) is 0 Å². The Kier molecular flexibility index (Phi) is 3.64. The molecule has 0 saturated carbocycles. The molecule has 2 heterocycles. The fourth-order valence-corrected chi connectivity index (χ4v) is 1.82. The number of halogens is 1. The van der Waals surface area contributed by atoms with Crippen molar-refractivity contribution in [3.05, 3.63) is 52.7 Å². The molecule has 98 valence electrons. The van der Waals surface area contributed by atoms with Gasteiger partial charge in [0.15, 0.2) is 5.65 Å². The number of H-pyrrole nitrogens is 1. The van der Waals surface area contributed by atoms with Crippen LogP contribution in [0.1, 0.15) is 5.82 Å². The molecular formula is C12H12ClN5O. The van der Waals surface area contributed by atoms with Crippen LogP contribution in [0.2, 0.25) is 0 Å². The lowest BCUT2D eigenvalue weighted by Gasteiger charge is -2.03. The normalized spacial score (nSPS) is 10.4. The molecule has 0 fully saturated rings. The van der Waals surface area contributed by atoms with Crippen molar-refractivity contribution in [3.8, 4) is 5.69 Å². The van der Waals surface area contributed by atoms with Gasteiger partial charge in [-0.05, 0) is 12.1 Å². The summed E-state index contributed by atoms with van der Waals surface area (Å²) in [5.41, 5.74) is 6.66. The highest BCUT2D eigenvalue weighted by molar-refractivity contribution is 5.85. The second-order valence-corrected chi connectivity index (χ2v) is 3.85. The maximum absolute atomic E-state index is 11.8. The molecule has 0 aliphatic carbocycles. The zero-order valence-corrected chi connectivity index (χ0v) is 10.7. The number of aromatic amines is 1. The van der Waals surface area contributed by atoms with Crippen molar-refractivity contribution >= 4 is 23.4 Å². The monoisotopic (exact) mass is 277 g/mol. The van der Waals surface area contributed by atoms with Gasteiger partial charge in [0.1, 0.15) is 11.2 Å². The quantitative estimate of drug-likeness (QED) is 0.731. The van der Waals surface area contributed by atoms with Gasteiger partial charge in [0.25, 0.3) is 5.56 Å². The van der Waals surface area contributed by atoms with E-state index in [0.29, 0.717) is 16.9 Å². The molecule has 0 atom stereocenters. The van der Waals surface area contributed by atoms with E-state index in [1.165, 1.54) is 6.20 Å². The summed E-state index contributed by atoms with van der Waals surface area (Å²) < 4.78 is 1.63. The lowest BCUT2D eigenvalue weighted by atomic mass is 10.3. The zero-order chi connectivity index (χ0) is 12.5. The number of hydrogen-bond acceptors (Lipinski definition) is 4. The van der Waals surface area contributed by atoms with Crippen molar-refractivity contribution in [2.45, 2.75) is 6.54 Å². The van der Waals surface area contributed by atoms with Crippen LogP contribution < -0.4 is 11.3 Å². The van der Waals surface area contributed by atoms with Crippen LogP contribution in [0.5, 0.6) is 0 Å². The third-order valence-corrected chi connectivity index (χ3v) is 2.68. The Morgan fingerprint density at radius 3 is 2.68 bits per heavy atom. The van der Waals surface area contributed by atoms with E-state index in [0.717, 1.165) is 5.69 Å². The van der Waals surface area contributed by atoms with E-state index < -0.39 is 0 Å². The van der Waals surface area contributed by atoms with Gasteiger partial charge in [-0.15, -0.1) is 12.4 Å². The van der Waals surface area contributed by atoms with E-state index in [9.17, 15) is 4.79 Å². The molecule has 0 saturated heterocycles. The lowest BCUT2D eigenvalue weighted by Crippen LogP contribution is -2.14. The summed E-state index contributed by atoms with van der Waals surface area (Å²) in [5, 5.41) is 4.65. The third-order valence-electron chi connectivity index (χ3n) is 2.68. The highest BCUT2D eigenvalue weighted by Gasteiger charge is 2.10. The topological polar surface area (TPSA) is 89.6 Å². The van der Waals surface area contributed by atoms with Gasteiger partial charge in [0.2, 0.25) is 0 Å². The third kappa shape index (κ3) is 2.23. The Morgan fingerprint density at radius 2 is 2.00 bits per heavy atom. The lowest BCUT2D eigenvalue weighted by molar-refractivity contribution is 0.864. The molecule has 6 nitrogen and oxygen atoms in total. The van der Waals surface area contributed by atoms with Crippen LogP contribution >= 0.6 is 12.4 Å². The van der Waals surface area contributed by atoms with Gasteiger partial charge in [-0.1, -0.05) is 18.2 Å². The van der Waals surface area contributed by atoms with E-state index in [-0.39, 0.29) is 24.5 Å². The van der Waals surface area contributed by atoms with Crippen LogP contribution in [0.25, 0.3) is 16.7 Å². The number of nitrogens with zero attached hydrogens (tertiary/aromatic N) is 3.